The van der Waals surface area contributed by atoms with Gasteiger partial charge in [0.25, 0.3) is 5.97 Å². The Morgan fingerprint density at radius 2 is 1.29 bits per heavy atom. The molecule has 0 aliphatic carbocycles. The van der Waals surface area contributed by atoms with Crippen LogP contribution in [0.1, 0.15) is 84.5 Å². The maximum atomic E-state index is 9.78. The molecular formula is C20H40O3Si. The van der Waals surface area contributed by atoms with Crippen molar-refractivity contribution in [1.29, 1.82) is 0 Å². The van der Waals surface area contributed by atoms with Crippen LogP contribution < -0.4 is 0 Å². The molecule has 0 aliphatic rings. The fourth-order valence-corrected chi connectivity index (χ4v) is 2.80. The third kappa shape index (κ3) is 29.2. The molecule has 2 N–H and O–H groups in total. The zero-order valence-corrected chi connectivity index (χ0v) is 17.7. The highest BCUT2D eigenvalue weighted by Gasteiger charge is 2.08. The van der Waals surface area contributed by atoms with E-state index in [2.05, 4.69) is 38.0 Å². The van der Waals surface area contributed by atoms with E-state index in [9.17, 15) is 5.11 Å². The van der Waals surface area contributed by atoms with Crippen LogP contribution in [0.3, 0.4) is 0 Å². The lowest BCUT2D eigenvalue weighted by molar-refractivity contribution is -0.134. The summed E-state index contributed by atoms with van der Waals surface area (Å²) in [7, 11) is -1.32. The Morgan fingerprint density at radius 3 is 1.67 bits per heavy atom. The molecule has 0 heterocycles. The van der Waals surface area contributed by atoms with Gasteiger partial charge in [-0.2, -0.15) is 0 Å². The van der Waals surface area contributed by atoms with Gasteiger partial charge >= 0.3 is 0 Å². The van der Waals surface area contributed by atoms with Crippen LogP contribution in [0.2, 0.25) is 19.6 Å². The first kappa shape index (κ1) is 25.4. The molecule has 24 heavy (non-hydrogen) atoms. The highest BCUT2D eigenvalue weighted by molar-refractivity contribution is 6.83. The number of hydrogen-bond donors (Lipinski definition) is 2. The van der Waals surface area contributed by atoms with Crippen LogP contribution in [-0.2, 0) is 4.79 Å². The predicted octanol–water partition coefficient (Wildman–Crippen LogP) is 5.63. The zero-order valence-electron chi connectivity index (χ0n) is 16.7. The van der Waals surface area contributed by atoms with Gasteiger partial charge < -0.3 is 10.2 Å². The van der Waals surface area contributed by atoms with Crippen molar-refractivity contribution in [3.8, 4) is 11.5 Å². The normalized spacial score (nSPS) is 11.8. The number of unbranched alkanes of at least 4 members (excludes halogenated alkanes) is 9. The van der Waals surface area contributed by atoms with Gasteiger partial charge in [0.1, 0.15) is 14.2 Å². The van der Waals surface area contributed by atoms with E-state index in [1.165, 1.54) is 57.8 Å². The smallest absolute Gasteiger partial charge is 0.300 e. The molecule has 0 amide bonds. The zero-order chi connectivity index (χ0) is 18.8. The molecule has 0 fully saturated rings. The Hall–Kier alpha value is -0.793. The number of carbonyl (C=O) groups is 1. The van der Waals surface area contributed by atoms with Crippen LogP contribution in [-0.4, -0.2) is 30.4 Å². The van der Waals surface area contributed by atoms with Crippen LogP contribution >= 0.6 is 0 Å². The lowest BCUT2D eigenvalue weighted by Crippen LogP contribution is -2.17. The second-order valence-corrected chi connectivity index (χ2v) is 12.3. The van der Waals surface area contributed by atoms with Gasteiger partial charge in [-0.3, -0.25) is 4.79 Å². The number of rotatable bonds is 11. The molecular weight excluding hydrogens is 316 g/mol. The SMILES string of the molecule is CC(=O)O.CCCCCCCCCCCC[C@@H](O)C#C[Si](C)(C)C. The molecule has 4 heteroatoms. The summed E-state index contributed by atoms with van der Waals surface area (Å²) in [6, 6.07) is 0. The second-order valence-electron chi connectivity index (χ2n) is 7.52. The highest BCUT2D eigenvalue weighted by atomic mass is 28.3. The Morgan fingerprint density at radius 1 is 0.917 bits per heavy atom. The number of carboxylic acids is 1. The molecule has 0 radical (unpaired) electrons. The van der Waals surface area contributed by atoms with E-state index in [0.717, 1.165) is 19.8 Å². The monoisotopic (exact) mass is 356 g/mol. The van der Waals surface area contributed by atoms with Gasteiger partial charge in [-0.25, -0.2) is 0 Å². The molecule has 0 unspecified atom stereocenters. The first-order chi connectivity index (χ1) is 11.2. The second kappa shape index (κ2) is 17.0. The highest BCUT2D eigenvalue weighted by Crippen LogP contribution is 2.12. The van der Waals surface area contributed by atoms with E-state index in [4.69, 9.17) is 9.90 Å². The van der Waals surface area contributed by atoms with Gasteiger partial charge in [0, 0.05) is 6.92 Å². The van der Waals surface area contributed by atoms with Crippen LogP contribution in [0.4, 0.5) is 0 Å². The summed E-state index contributed by atoms with van der Waals surface area (Å²) < 4.78 is 0. The van der Waals surface area contributed by atoms with Crippen molar-refractivity contribution in [3.05, 3.63) is 0 Å². The number of aliphatic hydroxyl groups excluding tert-OH is 1. The Balaban J connectivity index is 0. The molecule has 0 aromatic rings. The average Bonchev–Trinajstić information content (AvgIpc) is 2.46. The van der Waals surface area contributed by atoms with E-state index >= 15 is 0 Å². The molecule has 0 aromatic carbocycles. The number of aliphatic carboxylic acids is 1. The molecule has 0 saturated heterocycles. The summed E-state index contributed by atoms with van der Waals surface area (Å²) in [5, 5.41) is 17.2. The first-order valence-corrected chi connectivity index (χ1v) is 13.1. The average molecular weight is 357 g/mol. The van der Waals surface area contributed by atoms with Gasteiger partial charge in [-0.05, 0) is 12.8 Å². The number of aliphatic hydroxyl groups is 1. The van der Waals surface area contributed by atoms with Gasteiger partial charge in [-0.1, -0.05) is 90.3 Å². The lowest BCUT2D eigenvalue weighted by Gasteiger charge is -2.07. The van der Waals surface area contributed by atoms with Crippen LogP contribution in [0.25, 0.3) is 0 Å². The summed E-state index contributed by atoms with van der Waals surface area (Å²) in [4.78, 5) is 9.00. The standard InChI is InChI=1S/C18H36OSi.C2H4O2/c1-5-6-7-8-9-10-11-12-13-14-15-18(19)16-17-20(2,3)4;1-2(3)4/h18-19H,5-15H2,1-4H3;1H3,(H,3,4)/t18-;/m1./s1. The van der Waals surface area contributed by atoms with Crippen LogP contribution in [0.5, 0.6) is 0 Å². The van der Waals surface area contributed by atoms with Crippen LogP contribution in [0.15, 0.2) is 0 Å². The molecule has 0 spiro atoms. The topological polar surface area (TPSA) is 57.5 Å². The Labute approximate surface area is 151 Å². The predicted molar refractivity (Wildman–Crippen MR) is 107 cm³/mol. The molecule has 0 aliphatic heterocycles. The lowest BCUT2D eigenvalue weighted by atomic mass is 10.0. The summed E-state index contributed by atoms with van der Waals surface area (Å²) in [5.74, 6) is 2.19. The quantitative estimate of drug-likeness (QED) is 0.286. The summed E-state index contributed by atoms with van der Waals surface area (Å²) in [6.45, 7) is 10.00. The summed E-state index contributed by atoms with van der Waals surface area (Å²) in [5.41, 5.74) is 3.25. The number of carboxylic acid groups (broad SMARTS) is 1. The Kier molecular flexibility index (Phi) is 18.1. The van der Waals surface area contributed by atoms with Crippen molar-refractivity contribution < 1.29 is 15.0 Å². The van der Waals surface area contributed by atoms with Crippen molar-refractivity contribution >= 4 is 14.0 Å². The number of hydrogen-bond acceptors (Lipinski definition) is 2. The minimum atomic E-state index is -1.32. The third-order valence-corrected chi connectivity index (χ3v) is 4.34. The molecule has 3 nitrogen and oxygen atoms in total. The van der Waals surface area contributed by atoms with E-state index in [1.807, 2.05) is 0 Å². The summed E-state index contributed by atoms with van der Waals surface area (Å²) >= 11 is 0. The minimum absolute atomic E-state index is 0.393. The van der Waals surface area contributed by atoms with Crippen molar-refractivity contribution in [3.63, 3.8) is 0 Å². The molecule has 0 aromatic heterocycles. The molecule has 142 valence electrons. The van der Waals surface area contributed by atoms with Gasteiger partial charge in [0.2, 0.25) is 0 Å². The largest absolute Gasteiger partial charge is 0.481 e. The van der Waals surface area contributed by atoms with E-state index < -0.39 is 20.1 Å². The van der Waals surface area contributed by atoms with Gasteiger partial charge in [0.05, 0.1) is 0 Å². The van der Waals surface area contributed by atoms with Crippen molar-refractivity contribution in [2.75, 3.05) is 0 Å². The fourth-order valence-electron chi connectivity index (χ4n) is 2.20. The van der Waals surface area contributed by atoms with Gasteiger partial charge in [0.15, 0.2) is 0 Å². The fraction of sp³-hybridized carbons (Fsp3) is 0.850. The Bertz CT molecular complexity index is 346. The van der Waals surface area contributed by atoms with Crippen molar-refractivity contribution in [1.82, 2.24) is 0 Å². The maximum Gasteiger partial charge on any atom is 0.300 e. The molecule has 0 rings (SSSR count). The molecule has 0 saturated carbocycles. The van der Waals surface area contributed by atoms with Crippen molar-refractivity contribution in [2.24, 2.45) is 0 Å². The van der Waals surface area contributed by atoms with Crippen molar-refractivity contribution in [2.45, 2.75) is 110 Å². The summed E-state index contributed by atoms with van der Waals surface area (Å²) in [6.07, 6.45) is 13.9. The van der Waals surface area contributed by atoms with Gasteiger partial charge in [-0.15, -0.1) is 5.54 Å². The first-order valence-electron chi connectivity index (χ1n) is 9.59. The van der Waals surface area contributed by atoms with Crippen LogP contribution in [0, 0.1) is 11.5 Å². The van der Waals surface area contributed by atoms with E-state index in [0.29, 0.717) is 0 Å². The maximum absolute atomic E-state index is 9.78. The van der Waals surface area contributed by atoms with E-state index in [-0.39, 0.29) is 0 Å². The van der Waals surface area contributed by atoms with E-state index in [1.54, 1.807) is 0 Å². The molecule has 1 atom stereocenters. The third-order valence-electron chi connectivity index (χ3n) is 3.44. The molecule has 0 bridgehead atoms. The minimum Gasteiger partial charge on any atom is -0.481 e.